The molecule has 0 aliphatic heterocycles. The fourth-order valence-corrected chi connectivity index (χ4v) is 2.41. The summed E-state index contributed by atoms with van der Waals surface area (Å²) in [4.78, 5) is 24.2. The van der Waals surface area contributed by atoms with Crippen LogP contribution in [0.5, 0.6) is 5.75 Å². The number of aromatic nitrogens is 2. The summed E-state index contributed by atoms with van der Waals surface area (Å²) in [5.74, 6) is 1.07. The van der Waals surface area contributed by atoms with Gasteiger partial charge in [0.25, 0.3) is 11.5 Å². The largest absolute Gasteiger partial charge is 0.483 e. The summed E-state index contributed by atoms with van der Waals surface area (Å²) < 4.78 is 12.1. The Bertz CT molecular complexity index is 942. The van der Waals surface area contributed by atoms with Gasteiger partial charge in [-0.2, -0.15) is 0 Å². The van der Waals surface area contributed by atoms with E-state index in [0.717, 1.165) is 0 Å². The molecule has 0 fully saturated rings. The third kappa shape index (κ3) is 3.15. The van der Waals surface area contributed by atoms with Crippen LogP contribution in [0.2, 0.25) is 0 Å². The van der Waals surface area contributed by atoms with Gasteiger partial charge in [0.15, 0.2) is 12.4 Å². The molecule has 7 heteroatoms. The molecule has 0 aliphatic rings. The first-order valence-electron chi connectivity index (χ1n) is 7.56. The van der Waals surface area contributed by atoms with Crippen LogP contribution in [0.15, 0.2) is 45.8 Å². The molecule has 0 atom stereocenters. The van der Waals surface area contributed by atoms with Crippen molar-refractivity contribution < 1.29 is 14.1 Å². The van der Waals surface area contributed by atoms with Crippen molar-refractivity contribution in [1.29, 1.82) is 0 Å². The van der Waals surface area contributed by atoms with E-state index in [4.69, 9.17) is 9.26 Å². The molecule has 1 N–H and O–H groups in total. The summed E-state index contributed by atoms with van der Waals surface area (Å²) in [5.41, 5.74) is -0.0806. The molecule has 2 heterocycles. The minimum atomic E-state index is -0.359. The fourth-order valence-electron chi connectivity index (χ4n) is 2.41. The van der Waals surface area contributed by atoms with E-state index in [1.807, 2.05) is 13.0 Å². The van der Waals surface area contributed by atoms with E-state index < -0.39 is 0 Å². The van der Waals surface area contributed by atoms with E-state index in [9.17, 15) is 9.59 Å². The van der Waals surface area contributed by atoms with Crippen LogP contribution in [0, 0.1) is 6.92 Å². The first kappa shape index (κ1) is 15.8. The molecule has 0 radical (unpaired) electrons. The molecule has 1 amide bonds. The number of benzene rings is 1. The predicted molar refractivity (Wildman–Crippen MR) is 89.2 cm³/mol. The van der Waals surface area contributed by atoms with Crippen molar-refractivity contribution in [2.24, 2.45) is 0 Å². The zero-order valence-electron chi connectivity index (χ0n) is 13.4. The molecule has 0 saturated heterocycles. The first-order valence-corrected chi connectivity index (χ1v) is 7.56. The highest BCUT2D eigenvalue weighted by Crippen LogP contribution is 2.23. The Morgan fingerprint density at radius 3 is 2.88 bits per heavy atom. The Balaban J connectivity index is 1.77. The van der Waals surface area contributed by atoms with Gasteiger partial charge in [0, 0.05) is 24.2 Å². The van der Waals surface area contributed by atoms with Crippen molar-refractivity contribution >= 4 is 22.5 Å². The van der Waals surface area contributed by atoms with E-state index in [1.54, 1.807) is 42.0 Å². The van der Waals surface area contributed by atoms with E-state index in [1.165, 1.54) is 0 Å². The molecular formula is C17H17N3O4. The maximum absolute atomic E-state index is 12.3. The Morgan fingerprint density at radius 2 is 2.17 bits per heavy atom. The van der Waals surface area contributed by atoms with E-state index in [0.29, 0.717) is 34.6 Å². The molecule has 0 aliphatic carbocycles. The summed E-state index contributed by atoms with van der Waals surface area (Å²) >= 11 is 0. The zero-order chi connectivity index (χ0) is 17.1. The van der Waals surface area contributed by atoms with Gasteiger partial charge in [-0.1, -0.05) is 11.2 Å². The molecule has 24 heavy (non-hydrogen) atoms. The topological polar surface area (TPSA) is 86.4 Å². The van der Waals surface area contributed by atoms with Gasteiger partial charge in [0.1, 0.15) is 11.5 Å². The lowest BCUT2D eigenvalue weighted by Crippen LogP contribution is -2.21. The third-order valence-corrected chi connectivity index (χ3v) is 3.57. The second kappa shape index (κ2) is 6.57. The summed E-state index contributed by atoms with van der Waals surface area (Å²) in [6.45, 7) is 4.04. The number of aryl methyl sites for hydroxylation is 2. The zero-order valence-corrected chi connectivity index (χ0v) is 13.4. The Morgan fingerprint density at radius 1 is 1.33 bits per heavy atom. The van der Waals surface area contributed by atoms with E-state index >= 15 is 0 Å². The molecule has 0 saturated carbocycles. The van der Waals surface area contributed by atoms with Crippen molar-refractivity contribution in [3.8, 4) is 5.75 Å². The monoisotopic (exact) mass is 327 g/mol. The van der Waals surface area contributed by atoms with Gasteiger partial charge in [0.05, 0.1) is 5.39 Å². The summed E-state index contributed by atoms with van der Waals surface area (Å²) in [6, 6.07) is 8.63. The number of pyridine rings is 1. The van der Waals surface area contributed by atoms with Gasteiger partial charge in [-0.05, 0) is 32.0 Å². The molecule has 3 aromatic rings. The molecule has 0 unspecified atom stereocenters. The van der Waals surface area contributed by atoms with Crippen LogP contribution in [0.3, 0.4) is 0 Å². The molecule has 124 valence electrons. The molecule has 0 spiro atoms. The Hall–Kier alpha value is -3.09. The lowest BCUT2D eigenvalue weighted by Gasteiger charge is -2.10. The van der Waals surface area contributed by atoms with E-state index in [2.05, 4.69) is 10.5 Å². The van der Waals surface area contributed by atoms with Crippen molar-refractivity contribution in [2.45, 2.75) is 20.4 Å². The molecule has 7 nitrogen and oxygen atoms in total. The van der Waals surface area contributed by atoms with Crippen LogP contribution in [-0.4, -0.2) is 22.2 Å². The van der Waals surface area contributed by atoms with Gasteiger partial charge < -0.3 is 19.1 Å². The number of fused-ring (bicyclic) bond motifs is 1. The second-order valence-corrected chi connectivity index (χ2v) is 5.28. The molecule has 0 bridgehead atoms. The van der Waals surface area contributed by atoms with Crippen LogP contribution in [0.25, 0.3) is 10.8 Å². The van der Waals surface area contributed by atoms with Crippen molar-refractivity contribution in [1.82, 2.24) is 9.72 Å². The number of hydrogen-bond acceptors (Lipinski definition) is 5. The standard InChI is InChI=1S/C17H17N3O4/c1-3-20-8-7-12-13(17(20)22)5-4-6-14(12)23-10-16(21)18-15-9-11(2)24-19-15/h4-9H,3,10H2,1-2H3,(H,18,19,21). The SMILES string of the molecule is CCn1ccc2c(OCC(=O)Nc3cc(C)on3)cccc2c1=O. The number of anilines is 1. The van der Waals surface area contributed by atoms with Crippen LogP contribution >= 0.6 is 0 Å². The Kier molecular flexibility index (Phi) is 4.33. The minimum Gasteiger partial charge on any atom is -0.483 e. The predicted octanol–water partition coefficient (Wildman–Crippen LogP) is 2.34. The second-order valence-electron chi connectivity index (χ2n) is 5.28. The summed E-state index contributed by atoms with van der Waals surface area (Å²) in [6.07, 6.45) is 1.72. The molecule has 3 rings (SSSR count). The van der Waals surface area contributed by atoms with Gasteiger partial charge in [0.2, 0.25) is 0 Å². The number of nitrogens with zero attached hydrogens (tertiary/aromatic N) is 2. The average Bonchev–Trinajstić information content (AvgIpc) is 2.98. The van der Waals surface area contributed by atoms with Crippen LogP contribution in [0.1, 0.15) is 12.7 Å². The van der Waals surface area contributed by atoms with Gasteiger partial charge in [-0.3, -0.25) is 9.59 Å². The number of carbonyl (C=O) groups excluding carboxylic acids is 1. The maximum atomic E-state index is 12.3. The number of ether oxygens (including phenoxy) is 1. The van der Waals surface area contributed by atoms with Crippen molar-refractivity contribution in [2.75, 3.05) is 11.9 Å². The average molecular weight is 327 g/mol. The van der Waals surface area contributed by atoms with Gasteiger partial charge in [-0.15, -0.1) is 0 Å². The molecule has 2 aromatic heterocycles. The lowest BCUT2D eigenvalue weighted by atomic mass is 10.1. The maximum Gasteiger partial charge on any atom is 0.263 e. The van der Waals surface area contributed by atoms with Crippen LogP contribution in [-0.2, 0) is 11.3 Å². The molecule has 1 aromatic carbocycles. The third-order valence-electron chi connectivity index (χ3n) is 3.57. The van der Waals surface area contributed by atoms with Gasteiger partial charge in [-0.25, -0.2) is 0 Å². The smallest absolute Gasteiger partial charge is 0.263 e. The highest BCUT2D eigenvalue weighted by atomic mass is 16.5. The number of rotatable bonds is 5. The quantitative estimate of drug-likeness (QED) is 0.777. The van der Waals surface area contributed by atoms with Crippen LogP contribution < -0.4 is 15.6 Å². The Labute approximate surface area is 137 Å². The normalized spacial score (nSPS) is 10.8. The number of nitrogens with one attached hydrogen (secondary N) is 1. The lowest BCUT2D eigenvalue weighted by molar-refractivity contribution is -0.118. The van der Waals surface area contributed by atoms with Crippen molar-refractivity contribution in [3.05, 3.63) is 52.6 Å². The number of hydrogen-bond donors (Lipinski definition) is 1. The van der Waals surface area contributed by atoms with Gasteiger partial charge >= 0.3 is 0 Å². The highest BCUT2D eigenvalue weighted by Gasteiger charge is 2.10. The van der Waals surface area contributed by atoms with Crippen LogP contribution in [0.4, 0.5) is 5.82 Å². The molecular weight excluding hydrogens is 310 g/mol. The minimum absolute atomic E-state index is 0.0806. The first-order chi connectivity index (χ1) is 11.6. The fraction of sp³-hybridized carbons (Fsp3) is 0.235. The summed E-state index contributed by atoms with van der Waals surface area (Å²) in [5, 5.41) is 7.50. The van der Waals surface area contributed by atoms with Crippen molar-refractivity contribution in [3.63, 3.8) is 0 Å². The summed E-state index contributed by atoms with van der Waals surface area (Å²) in [7, 11) is 0. The van der Waals surface area contributed by atoms with E-state index in [-0.39, 0.29) is 18.1 Å². The highest BCUT2D eigenvalue weighted by molar-refractivity contribution is 5.92. The number of amides is 1. The number of carbonyl (C=O) groups is 1.